The lowest BCUT2D eigenvalue weighted by molar-refractivity contribution is -0.144. The molecule has 0 atom stereocenters. The minimum Gasteiger partial charge on any atom is -0.567 e. The Morgan fingerprint density at radius 1 is 0.815 bits per heavy atom. The van der Waals surface area contributed by atoms with Gasteiger partial charge in [0.15, 0.2) is 5.78 Å². The molecule has 4 nitrogen and oxygen atoms in total. The van der Waals surface area contributed by atoms with Crippen LogP contribution in [0.4, 0.5) is 0 Å². The number of hydrogen-bond acceptors (Lipinski definition) is 4. The molecule has 0 N–H and O–H groups in total. The molecule has 0 fully saturated rings. The quantitative estimate of drug-likeness (QED) is 0.368. The maximum absolute atomic E-state index is 12.9. The molecule has 0 heterocycles. The Morgan fingerprint density at radius 3 is 2.15 bits per heavy atom. The Bertz CT molecular complexity index is 924. The molecule has 0 unspecified atom stereocenters. The summed E-state index contributed by atoms with van der Waals surface area (Å²) in [7, 11) is 5.33. The zero-order valence-corrected chi connectivity index (χ0v) is 14.6. The first kappa shape index (κ1) is 18.5. The average molecular weight is 356 g/mol. The van der Waals surface area contributed by atoms with Crippen molar-refractivity contribution in [1.29, 1.82) is 0 Å². The number of ketones is 1. The lowest BCUT2D eigenvalue weighted by Crippen LogP contribution is -2.13. The fourth-order valence-corrected chi connectivity index (χ4v) is 2.76. The van der Waals surface area contributed by atoms with E-state index >= 15 is 0 Å². The maximum Gasteiger partial charge on any atom is 0.374 e. The van der Waals surface area contributed by atoms with Gasteiger partial charge in [-0.15, -0.1) is 0 Å². The van der Waals surface area contributed by atoms with Crippen LogP contribution in [0.5, 0.6) is 5.75 Å². The number of benzene rings is 3. The van der Waals surface area contributed by atoms with Gasteiger partial charge in [-0.05, 0) is 17.2 Å². The van der Waals surface area contributed by atoms with Gasteiger partial charge >= 0.3 is 14.0 Å². The van der Waals surface area contributed by atoms with E-state index in [9.17, 15) is 9.59 Å². The van der Waals surface area contributed by atoms with E-state index in [-0.39, 0.29) is 30.1 Å². The predicted molar refractivity (Wildman–Crippen MR) is 103 cm³/mol. The fourth-order valence-electron chi connectivity index (χ4n) is 2.76. The van der Waals surface area contributed by atoms with Gasteiger partial charge in [0.05, 0.1) is 12.0 Å². The van der Waals surface area contributed by atoms with Crippen molar-refractivity contribution in [2.24, 2.45) is 0 Å². The van der Waals surface area contributed by atoms with Crippen molar-refractivity contribution >= 4 is 19.8 Å². The van der Waals surface area contributed by atoms with E-state index in [1.165, 1.54) is 0 Å². The van der Waals surface area contributed by atoms with Crippen LogP contribution in [0.1, 0.15) is 27.0 Å². The van der Waals surface area contributed by atoms with Crippen LogP contribution in [-0.2, 0) is 22.6 Å². The Labute approximate surface area is 159 Å². The maximum atomic E-state index is 12.9. The van der Waals surface area contributed by atoms with Crippen LogP contribution in [0.25, 0.3) is 0 Å². The summed E-state index contributed by atoms with van der Waals surface area (Å²) in [5.41, 5.74) is 2.15. The van der Waals surface area contributed by atoms with Crippen LogP contribution in [0.15, 0.2) is 78.9 Å². The number of carbonyl (C=O) groups is 2. The van der Waals surface area contributed by atoms with Gasteiger partial charge in [0, 0.05) is 5.56 Å². The molecule has 27 heavy (non-hydrogen) atoms. The van der Waals surface area contributed by atoms with Crippen LogP contribution < -0.4 is 4.65 Å². The highest BCUT2D eigenvalue weighted by Gasteiger charge is 2.20. The van der Waals surface area contributed by atoms with E-state index in [1.54, 1.807) is 42.5 Å². The lowest BCUT2D eigenvalue weighted by atomic mass is 9.95. The zero-order valence-electron chi connectivity index (χ0n) is 14.6. The second kappa shape index (κ2) is 8.85. The van der Waals surface area contributed by atoms with Crippen LogP contribution in [-0.4, -0.2) is 19.8 Å². The van der Waals surface area contributed by atoms with Gasteiger partial charge in [-0.25, -0.2) is 0 Å². The summed E-state index contributed by atoms with van der Waals surface area (Å²) in [6.07, 6.45) is -0.0576. The second-order valence-corrected chi connectivity index (χ2v) is 5.93. The Kier molecular flexibility index (Phi) is 6.05. The van der Waals surface area contributed by atoms with Crippen molar-refractivity contribution in [1.82, 2.24) is 0 Å². The molecule has 0 aliphatic heterocycles. The van der Waals surface area contributed by atoms with E-state index in [1.807, 2.05) is 36.4 Å². The first-order valence-electron chi connectivity index (χ1n) is 8.47. The highest BCUT2D eigenvalue weighted by atomic mass is 16.5. The van der Waals surface area contributed by atoms with Crippen molar-refractivity contribution in [3.8, 4) is 5.75 Å². The largest absolute Gasteiger partial charge is 0.567 e. The summed E-state index contributed by atoms with van der Waals surface area (Å²) >= 11 is 0. The summed E-state index contributed by atoms with van der Waals surface area (Å²) < 4.78 is 10.2. The third-order valence-corrected chi connectivity index (χ3v) is 4.08. The van der Waals surface area contributed by atoms with Crippen molar-refractivity contribution in [3.63, 3.8) is 0 Å². The smallest absolute Gasteiger partial charge is 0.374 e. The molecule has 0 spiro atoms. The normalized spacial score (nSPS) is 10.2. The Balaban J connectivity index is 1.81. The van der Waals surface area contributed by atoms with Gasteiger partial charge in [-0.2, -0.15) is 0 Å². The number of ether oxygens (including phenoxy) is 1. The van der Waals surface area contributed by atoms with E-state index < -0.39 is 5.97 Å². The van der Waals surface area contributed by atoms with Crippen LogP contribution in [0.3, 0.4) is 0 Å². The number of carbonyl (C=O) groups excluding carboxylic acids is 2. The van der Waals surface area contributed by atoms with Gasteiger partial charge in [0.2, 0.25) is 0 Å². The van der Waals surface area contributed by atoms with Gasteiger partial charge in [0.1, 0.15) is 12.4 Å². The topological polar surface area (TPSA) is 52.6 Å². The van der Waals surface area contributed by atoms with Gasteiger partial charge in [-0.1, -0.05) is 72.8 Å². The molecule has 0 saturated heterocycles. The number of hydrogen-bond donors (Lipinski definition) is 0. The van der Waals surface area contributed by atoms with Crippen molar-refractivity contribution in [3.05, 3.63) is 101 Å². The summed E-state index contributed by atoms with van der Waals surface area (Å²) in [6.45, 7) is 0.175. The summed E-state index contributed by atoms with van der Waals surface area (Å²) in [6, 6.07) is 23.1. The molecule has 0 saturated carbocycles. The Morgan fingerprint density at radius 2 is 1.48 bits per heavy atom. The van der Waals surface area contributed by atoms with E-state index in [4.69, 9.17) is 17.4 Å². The molecule has 2 radical (unpaired) electrons. The van der Waals surface area contributed by atoms with E-state index in [2.05, 4.69) is 0 Å². The summed E-state index contributed by atoms with van der Waals surface area (Å²) in [5.74, 6) is -0.477. The van der Waals surface area contributed by atoms with E-state index in [0.717, 1.165) is 5.56 Å². The zero-order chi connectivity index (χ0) is 19.1. The number of esters is 1. The highest BCUT2D eigenvalue weighted by molar-refractivity contribution is 6.13. The molecule has 3 aromatic rings. The highest BCUT2D eigenvalue weighted by Crippen LogP contribution is 2.26. The molecular formula is C22H17BO4. The molecule has 3 rings (SSSR count). The van der Waals surface area contributed by atoms with Gasteiger partial charge < -0.3 is 9.39 Å². The number of rotatable bonds is 7. The Hall–Kier alpha value is -3.34. The molecular weight excluding hydrogens is 339 g/mol. The molecule has 0 aromatic heterocycles. The molecule has 132 valence electrons. The third kappa shape index (κ3) is 4.64. The van der Waals surface area contributed by atoms with Crippen molar-refractivity contribution in [2.75, 3.05) is 0 Å². The standard InChI is InChI=1S/C22H17BO4/c23-27-19-13-7-12-18(21(19)22(25)17-10-5-2-6-11-17)14-20(24)26-15-16-8-3-1-4-9-16/h1-13H,14-15H2. The minimum atomic E-state index is -0.435. The first-order chi connectivity index (χ1) is 13.2. The van der Waals surface area contributed by atoms with E-state index in [0.29, 0.717) is 11.1 Å². The molecule has 0 bridgehead atoms. The summed E-state index contributed by atoms with van der Waals surface area (Å²) in [5, 5.41) is 0. The molecule has 0 aliphatic rings. The summed E-state index contributed by atoms with van der Waals surface area (Å²) in [4.78, 5) is 25.2. The third-order valence-electron chi connectivity index (χ3n) is 4.08. The molecule has 5 heteroatoms. The molecule has 0 aliphatic carbocycles. The van der Waals surface area contributed by atoms with Gasteiger partial charge in [-0.3, -0.25) is 9.59 Å². The second-order valence-electron chi connectivity index (χ2n) is 5.93. The van der Waals surface area contributed by atoms with Crippen molar-refractivity contribution in [2.45, 2.75) is 13.0 Å². The van der Waals surface area contributed by atoms with Crippen LogP contribution in [0, 0.1) is 0 Å². The van der Waals surface area contributed by atoms with Crippen LogP contribution in [0.2, 0.25) is 0 Å². The molecule has 0 amide bonds. The van der Waals surface area contributed by atoms with Crippen molar-refractivity contribution < 1.29 is 19.0 Å². The fraction of sp³-hybridized carbons (Fsp3) is 0.0909. The van der Waals surface area contributed by atoms with Crippen LogP contribution >= 0.6 is 0 Å². The SMILES string of the molecule is [B]Oc1cccc(CC(=O)OCc2ccccc2)c1C(=O)c1ccccc1. The monoisotopic (exact) mass is 356 g/mol. The average Bonchev–Trinajstić information content (AvgIpc) is 2.73. The first-order valence-corrected chi connectivity index (χ1v) is 8.47. The molecule has 3 aromatic carbocycles. The predicted octanol–water partition coefficient (Wildman–Crippen LogP) is 3.67. The lowest BCUT2D eigenvalue weighted by Gasteiger charge is -2.13. The van der Waals surface area contributed by atoms with Gasteiger partial charge in [0.25, 0.3) is 0 Å². The minimum absolute atomic E-state index is 0.0576.